The van der Waals surface area contributed by atoms with Crippen LogP contribution in [0, 0.1) is 11.8 Å². The van der Waals surface area contributed by atoms with Gasteiger partial charge in [-0.2, -0.15) is 0 Å². The summed E-state index contributed by atoms with van der Waals surface area (Å²) in [6, 6.07) is 18.0. The second-order valence-electron chi connectivity index (χ2n) is 18.1. The summed E-state index contributed by atoms with van der Waals surface area (Å²) in [4.78, 5) is 9.93. The van der Waals surface area contributed by atoms with Gasteiger partial charge in [-0.25, -0.2) is 0 Å². The summed E-state index contributed by atoms with van der Waals surface area (Å²) in [5.41, 5.74) is 6.95. The molecule has 4 aromatic rings. The molecule has 1 aromatic heterocycles. The monoisotopic (exact) mass is 771 g/mol. The number of rotatable bonds is 3. The van der Waals surface area contributed by atoms with Gasteiger partial charge in [0.05, 0.1) is 16.7 Å². The molecule has 5 aliphatic carbocycles. The van der Waals surface area contributed by atoms with Gasteiger partial charge in [0.1, 0.15) is 12.2 Å². The van der Waals surface area contributed by atoms with Gasteiger partial charge in [0, 0.05) is 64.3 Å². The lowest BCUT2D eigenvalue weighted by Crippen LogP contribution is -2.74. The number of aliphatic hydroxyl groups excluding tert-OH is 1. The van der Waals surface area contributed by atoms with Crippen molar-refractivity contribution in [3.8, 4) is 34.1 Å². The van der Waals surface area contributed by atoms with Crippen molar-refractivity contribution in [2.24, 2.45) is 11.8 Å². The molecule has 288 valence electrons. The number of likely N-dealkylation sites (tertiary alicyclic amines) is 2. The van der Waals surface area contributed by atoms with E-state index in [1.165, 1.54) is 29.5 Å². The van der Waals surface area contributed by atoms with Crippen LogP contribution >= 0.6 is 11.6 Å². The maximum atomic E-state index is 12.8. The number of pyridine rings is 1. The molecule has 4 bridgehead atoms. The van der Waals surface area contributed by atoms with Crippen LogP contribution in [0.4, 0.5) is 0 Å². The van der Waals surface area contributed by atoms with E-state index in [1.54, 1.807) is 12.1 Å². The van der Waals surface area contributed by atoms with E-state index in [2.05, 4.69) is 29.0 Å². The summed E-state index contributed by atoms with van der Waals surface area (Å²) in [5.74, 6) is 2.66. The van der Waals surface area contributed by atoms with E-state index in [-0.39, 0.29) is 29.1 Å². The van der Waals surface area contributed by atoms with Crippen LogP contribution in [0.5, 0.6) is 23.0 Å². The van der Waals surface area contributed by atoms with Crippen molar-refractivity contribution in [1.82, 2.24) is 14.8 Å². The van der Waals surface area contributed by atoms with Crippen molar-refractivity contribution in [2.75, 3.05) is 26.7 Å². The van der Waals surface area contributed by atoms with E-state index >= 15 is 0 Å². The minimum atomic E-state index is -0.982. The number of hydrogen-bond acceptors (Lipinski definition) is 9. The highest BCUT2D eigenvalue weighted by molar-refractivity contribution is 6.30. The second kappa shape index (κ2) is 11.5. The molecule has 3 fully saturated rings. The Kier molecular flexibility index (Phi) is 6.98. The third-order valence-electron chi connectivity index (χ3n) is 15.6. The minimum absolute atomic E-state index is 0.0262. The Hall–Kier alpha value is -4.12. The van der Waals surface area contributed by atoms with Crippen molar-refractivity contribution < 1.29 is 29.9 Å². The molecule has 0 radical (unpaired) electrons. The molecule has 3 aromatic carbocycles. The first kappa shape index (κ1) is 34.0. The summed E-state index contributed by atoms with van der Waals surface area (Å²) < 4.78 is 12.7. The molecule has 13 rings (SSSR count). The molecule has 5 heterocycles. The van der Waals surface area contributed by atoms with E-state index in [0.29, 0.717) is 34.9 Å². The molecule has 56 heavy (non-hydrogen) atoms. The molecule has 2 saturated heterocycles. The Bertz CT molecular complexity index is 2370. The third-order valence-corrected chi connectivity index (χ3v) is 15.8. The van der Waals surface area contributed by atoms with Gasteiger partial charge in [-0.15, -0.1) is 0 Å². The average Bonchev–Trinajstić information content (AvgIpc) is 3.83. The highest BCUT2D eigenvalue weighted by atomic mass is 35.5. The number of nitrogens with zero attached hydrogens (tertiary/aromatic N) is 3. The Balaban J connectivity index is 0.000000140. The number of aliphatic hydroxyl groups is 2. The lowest BCUT2D eigenvalue weighted by Gasteiger charge is -2.63. The molecule has 9 atom stereocenters. The van der Waals surface area contributed by atoms with Gasteiger partial charge in [-0.3, -0.25) is 9.88 Å². The van der Waals surface area contributed by atoms with Gasteiger partial charge in [0.2, 0.25) is 0 Å². The summed E-state index contributed by atoms with van der Waals surface area (Å²) >= 11 is 6.11. The summed E-state index contributed by atoms with van der Waals surface area (Å²) in [5, 5.41) is 44.9. The predicted molar refractivity (Wildman–Crippen MR) is 210 cm³/mol. The molecular weight excluding hydrogens is 726 g/mol. The Morgan fingerprint density at radius 3 is 2.38 bits per heavy atom. The first-order valence-corrected chi connectivity index (χ1v) is 20.8. The zero-order valence-electron chi connectivity index (χ0n) is 31.4. The smallest absolute Gasteiger partial charge is 0.166 e. The SMILES string of the molecule is CN1CC[C@]23c4c5ccc(O)c4O[C@H]2[C@@H](O)C=C[C@H]3[C@H]1C5.Oc1ccc2c3c1O[C@H]1c4ncc(-c5ccc(Cl)cc5)cc4C[C@@]4(O)[C@@H](C2)N(CC2CC2)CC[C@]314. The lowest BCUT2D eigenvalue weighted by atomic mass is 9.49. The van der Waals surface area contributed by atoms with Gasteiger partial charge < -0.3 is 34.8 Å². The van der Waals surface area contributed by atoms with Crippen LogP contribution in [-0.2, 0) is 30.1 Å². The minimum Gasteiger partial charge on any atom is -0.504 e. The highest BCUT2D eigenvalue weighted by Gasteiger charge is 2.73. The third kappa shape index (κ3) is 4.28. The number of phenols is 2. The van der Waals surface area contributed by atoms with Crippen LogP contribution < -0.4 is 9.47 Å². The fourth-order valence-corrected chi connectivity index (χ4v) is 13.0. The summed E-state index contributed by atoms with van der Waals surface area (Å²) in [6.45, 7) is 3.01. The molecule has 2 spiro atoms. The Labute approximate surface area is 331 Å². The largest absolute Gasteiger partial charge is 0.504 e. The number of aromatic hydroxyl groups is 2. The number of phenolic OH excluding ortho intramolecular Hbond substituents is 2. The van der Waals surface area contributed by atoms with Crippen LogP contribution in [0.2, 0.25) is 5.02 Å². The van der Waals surface area contributed by atoms with Crippen LogP contribution in [0.15, 0.2) is 72.9 Å². The van der Waals surface area contributed by atoms with Crippen LogP contribution in [0.1, 0.15) is 65.3 Å². The van der Waals surface area contributed by atoms with Gasteiger partial charge in [-0.1, -0.05) is 48.0 Å². The van der Waals surface area contributed by atoms with E-state index < -0.39 is 23.2 Å². The number of likely N-dealkylation sites (N-methyl/N-ethyl adjacent to an activating group) is 1. The zero-order valence-corrected chi connectivity index (χ0v) is 32.1. The van der Waals surface area contributed by atoms with Gasteiger partial charge in [-0.05, 0) is 117 Å². The average molecular weight is 772 g/mol. The number of halogens is 1. The van der Waals surface area contributed by atoms with Crippen molar-refractivity contribution in [2.45, 2.75) is 91.8 Å². The number of ether oxygens (including phenoxy) is 2. The number of piperidine rings is 2. The zero-order chi connectivity index (χ0) is 37.9. The topological polar surface area (TPSA) is 119 Å². The fraction of sp³-hybridized carbons (Fsp3) is 0.457. The molecular formula is C46H46ClN3O6. The van der Waals surface area contributed by atoms with E-state index in [1.807, 2.05) is 48.7 Å². The summed E-state index contributed by atoms with van der Waals surface area (Å²) in [6.07, 6.45) is 11.4. The van der Waals surface area contributed by atoms with Crippen LogP contribution in [0.25, 0.3) is 11.1 Å². The van der Waals surface area contributed by atoms with Crippen LogP contribution in [0.3, 0.4) is 0 Å². The van der Waals surface area contributed by atoms with Gasteiger partial charge in [0.15, 0.2) is 29.1 Å². The number of hydrogen-bond donors (Lipinski definition) is 4. The van der Waals surface area contributed by atoms with Gasteiger partial charge >= 0.3 is 0 Å². The molecule has 0 unspecified atom stereocenters. The molecule has 9 aliphatic rings. The second-order valence-corrected chi connectivity index (χ2v) is 18.6. The van der Waals surface area contributed by atoms with E-state index in [0.717, 1.165) is 79.2 Å². The molecule has 4 aliphatic heterocycles. The first-order chi connectivity index (χ1) is 27.1. The Morgan fingerprint density at radius 2 is 1.61 bits per heavy atom. The van der Waals surface area contributed by atoms with Crippen molar-refractivity contribution in [1.29, 1.82) is 0 Å². The predicted octanol–water partition coefficient (Wildman–Crippen LogP) is 6.00. The highest BCUT2D eigenvalue weighted by Crippen LogP contribution is 2.69. The quantitative estimate of drug-likeness (QED) is 0.186. The number of aromatic nitrogens is 1. The Morgan fingerprint density at radius 1 is 0.857 bits per heavy atom. The molecule has 1 saturated carbocycles. The van der Waals surface area contributed by atoms with Crippen LogP contribution in [-0.4, -0.2) is 91.8 Å². The van der Waals surface area contributed by atoms with Crippen molar-refractivity contribution in [3.63, 3.8) is 0 Å². The number of benzene rings is 3. The summed E-state index contributed by atoms with van der Waals surface area (Å²) in [7, 11) is 2.19. The first-order valence-electron chi connectivity index (χ1n) is 20.4. The number of fused-ring (bicyclic) bond motifs is 2. The van der Waals surface area contributed by atoms with E-state index in [4.69, 9.17) is 26.1 Å². The fourth-order valence-electron chi connectivity index (χ4n) is 12.9. The molecule has 0 amide bonds. The molecule has 10 heteroatoms. The molecule has 4 N–H and O–H groups in total. The van der Waals surface area contributed by atoms with Gasteiger partial charge in [0.25, 0.3) is 0 Å². The van der Waals surface area contributed by atoms with Crippen molar-refractivity contribution >= 4 is 11.6 Å². The normalized spacial score (nSPS) is 36.0. The van der Waals surface area contributed by atoms with Crippen molar-refractivity contribution in [3.05, 3.63) is 111 Å². The molecule has 9 nitrogen and oxygen atoms in total. The maximum Gasteiger partial charge on any atom is 0.166 e. The standard InChI is InChI=1S/C29H27ClN2O3.C17H19NO3/c30-21-6-3-17(4-7-21)20-11-19-13-29(34)23-12-18-5-8-22(33)26-24(18)28(29,27(35-26)25(19)31-14-20)9-10-32(23)15-16-1-2-16;1-18-7-6-17-10-3-5-13(20)16(17)21-15-12(19)4-2-9(14(15)17)8-11(10)18/h3-8,11,14,16,23,27,33-34H,1-2,9-10,12-13,15H2;2-5,10-11,13,16,19-20H,6-8H2,1H3/t23-,27+,28+,29-;10-,11+,13-,16-,17-/m10/s1. The lowest BCUT2D eigenvalue weighted by molar-refractivity contribution is -0.173. The van der Waals surface area contributed by atoms with E-state index in [9.17, 15) is 20.4 Å². The maximum absolute atomic E-state index is 12.8.